The van der Waals surface area contributed by atoms with E-state index in [0.29, 0.717) is 6.04 Å². The number of piperidine rings is 1. The van der Waals surface area contributed by atoms with E-state index < -0.39 is 0 Å². The number of benzene rings is 1. The second-order valence-corrected chi connectivity index (χ2v) is 8.14. The number of anilines is 1. The molecule has 1 atom stereocenters. The van der Waals surface area contributed by atoms with Gasteiger partial charge in [-0.2, -0.15) is 0 Å². The lowest BCUT2D eigenvalue weighted by Crippen LogP contribution is -2.53. The van der Waals surface area contributed by atoms with Crippen LogP contribution in [0.1, 0.15) is 51.9 Å². The van der Waals surface area contributed by atoms with Crippen molar-refractivity contribution in [3.63, 3.8) is 0 Å². The van der Waals surface area contributed by atoms with Gasteiger partial charge in [-0.1, -0.05) is 37.1 Å². The SMILES string of the molecule is CC1(N2C=CC=Nc3ccccc32)CCN(C2C=CCCCCC2)CC1. The second-order valence-electron chi connectivity index (χ2n) is 8.14. The summed E-state index contributed by atoms with van der Waals surface area (Å²) in [6.07, 6.45) is 20.2. The van der Waals surface area contributed by atoms with Crippen LogP contribution in [0.2, 0.25) is 0 Å². The molecule has 0 radical (unpaired) electrons. The van der Waals surface area contributed by atoms with E-state index in [9.17, 15) is 0 Å². The van der Waals surface area contributed by atoms with Crippen molar-refractivity contribution in [3.8, 4) is 0 Å². The largest absolute Gasteiger partial charge is 0.340 e. The lowest BCUT2D eigenvalue weighted by Gasteiger charge is -2.48. The highest BCUT2D eigenvalue weighted by molar-refractivity contribution is 5.83. The zero-order valence-corrected chi connectivity index (χ0v) is 16.0. The van der Waals surface area contributed by atoms with E-state index in [1.807, 2.05) is 6.21 Å². The summed E-state index contributed by atoms with van der Waals surface area (Å²) >= 11 is 0. The minimum atomic E-state index is 0.155. The number of likely N-dealkylation sites (tertiary alicyclic amines) is 1. The fraction of sp³-hybridized carbons (Fsp3) is 0.522. The van der Waals surface area contributed by atoms with E-state index >= 15 is 0 Å². The molecule has 3 nitrogen and oxygen atoms in total. The van der Waals surface area contributed by atoms with Crippen LogP contribution in [0.3, 0.4) is 0 Å². The van der Waals surface area contributed by atoms with Gasteiger partial charge in [0.15, 0.2) is 0 Å². The van der Waals surface area contributed by atoms with Gasteiger partial charge in [0.05, 0.1) is 11.4 Å². The van der Waals surface area contributed by atoms with E-state index in [-0.39, 0.29) is 5.54 Å². The smallest absolute Gasteiger partial charge is 0.0866 e. The maximum Gasteiger partial charge on any atom is 0.0866 e. The molecule has 0 spiro atoms. The lowest BCUT2D eigenvalue weighted by molar-refractivity contribution is 0.136. The van der Waals surface area contributed by atoms with E-state index in [0.717, 1.165) is 5.69 Å². The molecule has 1 unspecified atom stereocenters. The van der Waals surface area contributed by atoms with Gasteiger partial charge < -0.3 is 4.90 Å². The average molecular weight is 350 g/mol. The average Bonchev–Trinajstić information content (AvgIpc) is 2.86. The van der Waals surface area contributed by atoms with Gasteiger partial charge in [-0.05, 0) is 57.2 Å². The van der Waals surface area contributed by atoms with Gasteiger partial charge in [0.25, 0.3) is 0 Å². The Morgan fingerprint density at radius 1 is 1.08 bits per heavy atom. The Hall–Kier alpha value is -1.87. The molecule has 0 amide bonds. The highest BCUT2D eigenvalue weighted by atomic mass is 15.2. The number of allylic oxidation sites excluding steroid dienone is 2. The first-order valence-corrected chi connectivity index (χ1v) is 10.3. The Morgan fingerprint density at radius 2 is 1.92 bits per heavy atom. The van der Waals surface area contributed by atoms with E-state index in [1.54, 1.807) is 0 Å². The van der Waals surface area contributed by atoms with Gasteiger partial charge in [-0.3, -0.25) is 9.89 Å². The number of hydrogen-bond acceptors (Lipinski definition) is 3. The Bertz CT molecular complexity index is 695. The third-order valence-electron chi connectivity index (χ3n) is 6.33. The zero-order chi connectivity index (χ0) is 17.8. The predicted molar refractivity (Wildman–Crippen MR) is 111 cm³/mol. The molecule has 1 aliphatic carbocycles. The van der Waals surface area contributed by atoms with Crippen molar-refractivity contribution in [1.82, 2.24) is 4.90 Å². The molecule has 2 aliphatic heterocycles. The van der Waals surface area contributed by atoms with Crippen molar-refractivity contribution < 1.29 is 0 Å². The molecule has 3 heteroatoms. The maximum absolute atomic E-state index is 4.60. The van der Waals surface area contributed by atoms with Crippen molar-refractivity contribution in [2.24, 2.45) is 4.99 Å². The van der Waals surface area contributed by atoms with Crippen LogP contribution in [-0.4, -0.2) is 35.8 Å². The summed E-state index contributed by atoms with van der Waals surface area (Å²) in [5.74, 6) is 0. The number of hydrogen-bond donors (Lipinski definition) is 0. The lowest BCUT2D eigenvalue weighted by atomic mass is 9.86. The van der Waals surface area contributed by atoms with Crippen LogP contribution in [0.5, 0.6) is 0 Å². The molecule has 0 saturated carbocycles. The van der Waals surface area contributed by atoms with E-state index in [1.165, 1.54) is 63.7 Å². The third kappa shape index (κ3) is 3.64. The predicted octanol–water partition coefficient (Wildman–Crippen LogP) is 5.47. The molecule has 3 aliphatic rings. The van der Waals surface area contributed by atoms with Crippen LogP contribution in [0, 0.1) is 0 Å². The molecule has 4 rings (SSSR count). The van der Waals surface area contributed by atoms with Gasteiger partial charge in [0.2, 0.25) is 0 Å². The molecule has 0 aromatic heterocycles. The summed E-state index contributed by atoms with van der Waals surface area (Å²) in [6.45, 7) is 4.78. The molecule has 0 bridgehead atoms. The quantitative estimate of drug-likeness (QED) is 0.660. The second kappa shape index (κ2) is 7.79. The normalized spacial score (nSPS) is 26.0. The first-order chi connectivity index (χ1) is 12.8. The van der Waals surface area contributed by atoms with Crippen molar-refractivity contribution >= 4 is 17.6 Å². The number of fused-ring (bicyclic) bond motifs is 1. The molecule has 1 aromatic rings. The molecule has 138 valence electrons. The highest BCUT2D eigenvalue weighted by Gasteiger charge is 2.37. The van der Waals surface area contributed by atoms with Crippen molar-refractivity contribution in [2.45, 2.75) is 63.5 Å². The fourth-order valence-electron chi connectivity index (χ4n) is 4.60. The third-order valence-corrected chi connectivity index (χ3v) is 6.33. The number of rotatable bonds is 2. The first kappa shape index (κ1) is 17.5. The van der Waals surface area contributed by atoms with Gasteiger partial charge in [0, 0.05) is 37.1 Å². The number of aliphatic imine (C=N–C) groups is 1. The molecule has 26 heavy (non-hydrogen) atoms. The molecule has 1 aromatic carbocycles. The van der Waals surface area contributed by atoms with Gasteiger partial charge in [0.1, 0.15) is 0 Å². The monoisotopic (exact) mass is 349 g/mol. The van der Waals surface area contributed by atoms with Crippen LogP contribution in [0.15, 0.2) is 53.7 Å². The summed E-state index contributed by atoms with van der Waals surface area (Å²) in [7, 11) is 0. The Balaban J connectivity index is 1.49. The van der Waals surface area contributed by atoms with E-state index in [4.69, 9.17) is 0 Å². The van der Waals surface area contributed by atoms with Crippen LogP contribution in [-0.2, 0) is 0 Å². The van der Waals surface area contributed by atoms with Crippen molar-refractivity contribution in [3.05, 3.63) is 48.7 Å². The molecular weight excluding hydrogens is 318 g/mol. The summed E-state index contributed by atoms with van der Waals surface area (Å²) in [5.41, 5.74) is 2.46. The summed E-state index contributed by atoms with van der Waals surface area (Å²) < 4.78 is 0. The minimum Gasteiger partial charge on any atom is -0.340 e. The van der Waals surface area contributed by atoms with Gasteiger partial charge in [-0.25, -0.2) is 0 Å². The van der Waals surface area contributed by atoms with Crippen LogP contribution in [0.25, 0.3) is 0 Å². The number of nitrogens with zero attached hydrogens (tertiary/aromatic N) is 3. The minimum absolute atomic E-state index is 0.155. The molecule has 2 heterocycles. The maximum atomic E-state index is 4.60. The molecular formula is C23H31N3. The summed E-state index contributed by atoms with van der Waals surface area (Å²) in [6, 6.07) is 9.17. The topological polar surface area (TPSA) is 18.8 Å². The van der Waals surface area contributed by atoms with Crippen molar-refractivity contribution in [2.75, 3.05) is 18.0 Å². The summed E-state index contributed by atoms with van der Waals surface area (Å²) in [5, 5.41) is 0. The van der Waals surface area contributed by atoms with Crippen molar-refractivity contribution in [1.29, 1.82) is 0 Å². The van der Waals surface area contributed by atoms with Gasteiger partial charge >= 0.3 is 0 Å². The van der Waals surface area contributed by atoms with Gasteiger partial charge in [-0.15, -0.1) is 0 Å². The standard InChI is InChI=1S/C23H31N3/c1-23(26-17-9-16-24-21-12-7-8-13-22(21)26)14-18-25(19-15-23)20-10-5-3-2-4-6-11-20/h5,7-10,12-13,16-17,20H,2-4,6,11,14-15,18-19H2,1H3. The van der Waals surface area contributed by atoms with Crippen LogP contribution < -0.4 is 4.90 Å². The first-order valence-electron chi connectivity index (χ1n) is 10.3. The summed E-state index contributed by atoms with van der Waals surface area (Å²) in [4.78, 5) is 9.79. The molecule has 0 N–H and O–H groups in total. The fourth-order valence-corrected chi connectivity index (χ4v) is 4.60. The Labute approximate surface area is 158 Å². The highest BCUT2D eigenvalue weighted by Crippen LogP contribution is 2.39. The van der Waals surface area contributed by atoms with E-state index in [2.05, 4.69) is 70.4 Å². The van der Waals surface area contributed by atoms with Crippen LogP contribution >= 0.6 is 0 Å². The molecule has 1 fully saturated rings. The molecule has 1 saturated heterocycles. The Kier molecular flexibility index (Phi) is 5.26. The number of para-hydroxylation sites is 2. The van der Waals surface area contributed by atoms with Crippen LogP contribution in [0.4, 0.5) is 11.4 Å². The zero-order valence-electron chi connectivity index (χ0n) is 16.0. The Morgan fingerprint density at radius 3 is 2.81 bits per heavy atom.